The molecule has 188 valence electrons. The summed E-state index contributed by atoms with van der Waals surface area (Å²) in [5.41, 5.74) is 5.62. The Labute approximate surface area is 195 Å². The summed E-state index contributed by atoms with van der Waals surface area (Å²) in [5, 5.41) is 11.2. The molecule has 0 rings (SSSR count). The zero-order valence-corrected chi connectivity index (χ0v) is 20.5. The van der Waals surface area contributed by atoms with Crippen molar-refractivity contribution in [2.24, 2.45) is 5.73 Å². The zero-order valence-electron chi connectivity index (χ0n) is 20.5. The topological polar surface area (TPSA) is 119 Å². The van der Waals surface area contributed by atoms with Gasteiger partial charge >= 0.3 is 11.9 Å². The van der Waals surface area contributed by atoms with Crippen LogP contribution < -0.4 is 11.1 Å². The lowest BCUT2D eigenvalue weighted by atomic mass is 10.0. The van der Waals surface area contributed by atoms with Crippen molar-refractivity contribution >= 4 is 17.8 Å². The molecular weight excluding hydrogens is 408 g/mol. The lowest BCUT2D eigenvalue weighted by molar-refractivity contribution is -0.148. The smallest absolute Gasteiger partial charge is 0.306 e. The van der Waals surface area contributed by atoms with E-state index in [1.807, 2.05) is 6.92 Å². The molecule has 0 aliphatic heterocycles. The summed E-state index contributed by atoms with van der Waals surface area (Å²) in [6, 6.07) is -0.839. The molecule has 0 aliphatic carbocycles. The molecule has 0 fully saturated rings. The molecule has 2 unspecified atom stereocenters. The maximum atomic E-state index is 11.9. The van der Waals surface area contributed by atoms with E-state index in [4.69, 9.17) is 15.6 Å². The number of nitrogens with one attached hydrogen (secondary N) is 1. The Morgan fingerprint density at radius 2 is 1.34 bits per heavy atom. The van der Waals surface area contributed by atoms with Crippen LogP contribution in [0.25, 0.3) is 0 Å². The second-order valence-electron chi connectivity index (χ2n) is 8.91. The number of hydrogen-bond acceptors (Lipinski definition) is 5. The van der Waals surface area contributed by atoms with E-state index >= 15 is 0 Å². The van der Waals surface area contributed by atoms with Crippen molar-refractivity contribution in [1.82, 2.24) is 5.32 Å². The van der Waals surface area contributed by atoms with Gasteiger partial charge < -0.3 is 20.9 Å². The Hall–Kier alpha value is -1.63. The Bertz CT molecular complexity index is 499. The number of ether oxygens (including phenoxy) is 1. The van der Waals surface area contributed by atoms with Crippen molar-refractivity contribution in [2.75, 3.05) is 6.54 Å². The largest absolute Gasteiger partial charge is 0.481 e. The van der Waals surface area contributed by atoms with Gasteiger partial charge in [-0.25, -0.2) is 0 Å². The van der Waals surface area contributed by atoms with Crippen LogP contribution in [0.15, 0.2) is 0 Å². The standard InChI is InChI=1S/C25H48N2O5/c1-3-4-5-6-7-8-9-10-11-12-13-14-16-21(2)32-24(30)17-15-20-27-25(31)22(26)18-19-23(28)29/h21-22H,3-20,26H2,1-2H3,(H,27,31)(H,28,29). The van der Waals surface area contributed by atoms with Crippen LogP contribution in [0.5, 0.6) is 0 Å². The third-order valence-electron chi connectivity index (χ3n) is 5.66. The first kappa shape index (κ1) is 30.4. The van der Waals surface area contributed by atoms with Crippen LogP contribution >= 0.6 is 0 Å². The first-order valence-corrected chi connectivity index (χ1v) is 12.8. The number of aliphatic carboxylic acids is 1. The fourth-order valence-electron chi connectivity index (χ4n) is 3.60. The number of carboxylic acid groups (broad SMARTS) is 1. The van der Waals surface area contributed by atoms with Crippen LogP contribution in [0.3, 0.4) is 0 Å². The van der Waals surface area contributed by atoms with Crippen LogP contribution in [0, 0.1) is 0 Å². The predicted molar refractivity (Wildman–Crippen MR) is 128 cm³/mol. The molecule has 0 aromatic carbocycles. The molecule has 0 saturated carbocycles. The maximum Gasteiger partial charge on any atom is 0.306 e. The molecular formula is C25H48N2O5. The molecule has 2 atom stereocenters. The van der Waals surface area contributed by atoms with E-state index in [9.17, 15) is 14.4 Å². The highest BCUT2D eigenvalue weighted by Crippen LogP contribution is 2.14. The Kier molecular flexibility index (Phi) is 20.1. The van der Waals surface area contributed by atoms with Crippen LogP contribution in [-0.2, 0) is 19.1 Å². The number of hydrogen-bond donors (Lipinski definition) is 3. The van der Waals surface area contributed by atoms with Crippen molar-refractivity contribution < 1.29 is 24.2 Å². The summed E-state index contributed by atoms with van der Waals surface area (Å²) >= 11 is 0. The highest BCUT2D eigenvalue weighted by Gasteiger charge is 2.15. The molecule has 0 aromatic heterocycles. The molecule has 7 nitrogen and oxygen atoms in total. The third-order valence-corrected chi connectivity index (χ3v) is 5.66. The molecule has 0 spiro atoms. The quantitative estimate of drug-likeness (QED) is 0.154. The number of carbonyl (C=O) groups is 3. The van der Waals surface area contributed by atoms with Crippen LogP contribution in [0.4, 0.5) is 0 Å². The Balaban J connectivity index is 3.53. The summed E-state index contributed by atoms with van der Waals surface area (Å²) in [5.74, 6) is -1.62. The summed E-state index contributed by atoms with van der Waals surface area (Å²) in [6.45, 7) is 4.50. The minimum Gasteiger partial charge on any atom is -0.481 e. The average Bonchev–Trinajstić information content (AvgIpc) is 2.75. The maximum absolute atomic E-state index is 11.9. The lowest BCUT2D eigenvalue weighted by Gasteiger charge is -2.14. The molecule has 0 heterocycles. The van der Waals surface area contributed by atoms with Crippen molar-refractivity contribution in [2.45, 2.75) is 135 Å². The van der Waals surface area contributed by atoms with Crippen molar-refractivity contribution in [3.05, 3.63) is 0 Å². The number of rotatable bonds is 22. The fraction of sp³-hybridized carbons (Fsp3) is 0.880. The van der Waals surface area contributed by atoms with Gasteiger partial charge in [-0.15, -0.1) is 0 Å². The van der Waals surface area contributed by atoms with Gasteiger partial charge in [0.25, 0.3) is 0 Å². The van der Waals surface area contributed by atoms with E-state index in [0.29, 0.717) is 13.0 Å². The van der Waals surface area contributed by atoms with Gasteiger partial charge in [-0.1, -0.05) is 77.6 Å². The first-order chi connectivity index (χ1) is 15.4. The summed E-state index contributed by atoms with van der Waals surface area (Å²) in [4.78, 5) is 34.1. The number of carbonyl (C=O) groups excluding carboxylic acids is 2. The van der Waals surface area contributed by atoms with Gasteiger partial charge in [0, 0.05) is 19.4 Å². The normalized spacial score (nSPS) is 12.8. The van der Waals surface area contributed by atoms with Crippen LogP contribution in [0.1, 0.15) is 123 Å². The van der Waals surface area contributed by atoms with E-state index in [-0.39, 0.29) is 37.2 Å². The van der Waals surface area contributed by atoms with E-state index in [2.05, 4.69) is 12.2 Å². The summed E-state index contributed by atoms with van der Waals surface area (Å²) < 4.78 is 5.43. The first-order valence-electron chi connectivity index (χ1n) is 12.8. The van der Waals surface area contributed by atoms with E-state index in [1.165, 1.54) is 70.6 Å². The predicted octanol–water partition coefficient (Wildman–Crippen LogP) is 5.10. The second kappa shape index (κ2) is 21.2. The molecule has 4 N–H and O–H groups in total. The average molecular weight is 457 g/mol. The van der Waals surface area contributed by atoms with Gasteiger partial charge in [-0.2, -0.15) is 0 Å². The monoisotopic (exact) mass is 456 g/mol. The minimum absolute atomic E-state index is 0.0790. The lowest BCUT2D eigenvalue weighted by Crippen LogP contribution is -2.41. The molecule has 7 heteroatoms. The molecule has 0 aliphatic rings. The zero-order chi connectivity index (χ0) is 24.0. The van der Waals surface area contributed by atoms with Gasteiger partial charge in [0.1, 0.15) is 0 Å². The molecule has 0 radical (unpaired) electrons. The van der Waals surface area contributed by atoms with Gasteiger partial charge in [0.05, 0.1) is 12.1 Å². The molecule has 1 amide bonds. The van der Waals surface area contributed by atoms with Crippen LogP contribution in [0.2, 0.25) is 0 Å². The van der Waals surface area contributed by atoms with Gasteiger partial charge in [0.15, 0.2) is 0 Å². The van der Waals surface area contributed by atoms with Crippen LogP contribution in [-0.4, -0.2) is 41.6 Å². The van der Waals surface area contributed by atoms with Gasteiger partial charge in [0.2, 0.25) is 5.91 Å². The van der Waals surface area contributed by atoms with Crippen molar-refractivity contribution in [3.8, 4) is 0 Å². The van der Waals surface area contributed by atoms with E-state index < -0.39 is 12.0 Å². The number of esters is 1. The summed E-state index contributed by atoms with van der Waals surface area (Å²) in [7, 11) is 0. The van der Waals surface area contributed by atoms with Crippen molar-refractivity contribution in [3.63, 3.8) is 0 Å². The minimum atomic E-state index is -0.978. The number of amides is 1. The van der Waals surface area contributed by atoms with E-state index in [0.717, 1.165) is 12.8 Å². The number of carboxylic acids is 1. The Morgan fingerprint density at radius 1 is 0.812 bits per heavy atom. The third kappa shape index (κ3) is 20.3. The summed E-state index contributed by atoms with van der Waals surface area (Å²) in [6.07, 6.45) is 17.2. The molecule has 0 saturated heterocycles. The second-order valence-corrected chi connectivity index (χ2v) is 8.91. The van der Waals surface area contributed by atoms with Crippen molar-refractivity contribution in [1.29, 1.82) is 0 Å². The molecule has 0 aromatic rings. The van der Waals surface area contributed by atoms with E-state index in [1.54, 1.807) is 0 Å². The SMILES string of the molecule is CCCCCCCCCCCCCCC(C)OC(=O)CCCNC(=O)C(N)CCC(=O)O. The van der Waals surface area contributed by atoms with Gasteiger partial charge in [-0.3, -0.25) is 14.4 Å². The Morgan fingerprint density at radius 3 is 1.88 bits per heavy atom. The molecule has 0 bridgehead atoms. The number of unbranched alkanes of at least 4 members (excludes halogenated alkanes) is 11. The van der Waals surface area contributed by atoms with Gasteiger partial charge in [-0.05, 0) is 32.6 Å². The number of nitrogens with two attached hydrogens (primary N) is 1. The highest BCUT2D eigenvalue weighted by molar-refractivity contribution is 5.82. The molecule has 32 heavy (non-hydrogen) atoms. The highest BCUT2D eigenvalue weighted by atomic mass is 16.5. The fourth-order valence-corrected chi connectivity index (χ4v) is 3.60.